The van der Waals surface area contributed by atoms with Gasteiger partial charge in [0.25, 0.3) is 0 Å². The highest BCUT2D eigenvalue weighted by Crippen LogP contribution is 2.46. The fraction of sp³-hybridized carbons (Fsp3) is 0.375. The number of imidazole rings is 1. The molecule has 1 aromatic carbocycles. The molecule has 8 heteroatoms. The van der Waals surface area contributed by atoms with E-state index in [9.17, 15) is 0 Å². The minimum Gasteiger partial charge on any atom is -0.354 e. The lowest BCUT2D eigenvalue weighted by Gasteiger charge is -2.20. The molecule has 2 fully saturated rings. The summed E-state index contributed by atoms with van der Waals surface area (Å²) in [6, 6.07) is 8.11. The highest BCUT2D eigenvalue weighted by molar-refractivity contribution is 6.33. The second kappa shape index (κ2) is 9.22. The van der Waals surface area contributed by atoms with Crippen LogP contribution in [0.15, 0.2) is 49.3 Å². The second-order valence-electron chi connectivity index (χ2n) is 8.27. The molecule has 3 aromatic rings. The van der Waals surface area contributed by atoms with Crippen molar-refractivity contribution in [3.8, 4) is 11.4 Å². The first-order valence-electron chi connectivity index (χ1n) is 10.8. The zero-order valence-corrected chi connectivity index (χ0v) is 20.1. The van der Waals surface area contributed by atoms with Crippen LogP contribution in [0.25, 0.3) is 28.2 Å². The van der Waals surface area contributed by atoms with Crippen molar-refractivity contribution in [1.82, 2.24) is 19.5 Å². The maximum absolute atomic E-state index is 6.48. The van der Waals surface area contributed by atoms with E-state index < -0.39 is 0 Å². The van der Waals surface area contributed by atoms with Gasteiger partial charge in [-0.3, -0.25) is 4.57 Å². The van der Waals surface area contributed by atoms with Crippen LogP contribution in [-0.2, 0) is 0 Å². The Hall–Kier alpha value is -2.41. The lowest BCUT2D eigenvalue weighted by Crippen LogP contribution is -2.28. The number of piperidine rings is 1. The van der Waals surface area contributed by atoms with Crippen LogP contribution in [0.5, 0.6) is 0 Å². The number of aromatic nitrogens is 4. The molecule has 6 nitrogen and oxygen atoms in total. The average molecular weight is 471 g/mol. The van der Waals surface area contributed by atoms with Gasteiger partial charge < -0.3 is 10.6 Å². The Kier molecular flexibility index (Phi) is 6.56. The average Bonchev–Trinajstić information content (AvgIpc) is 3.17. The fourth-order valence-electron chi connectivity index (χ4n) is 4.14. The first kappa shape index (κ1) is 22.8. The van der Waals surface area contributed by atoms with Crippen LogP contribution in [0.1, 0.15) is 20.8 Å². The SMILES string of the molecule is C/C=C(\C)n1c(-c2ccccc2Cl)nc2c(N3C[C@@H]4C(N)[C@@H]4C3)ncnc21.C=CC(C)Cl. The first-order chi connectivity index (χ1) is 15.4. The summed E-state index contributed by atoms with van der Waals surface area (Å²) < 4.78 is 2.06. The lowest BCUT2D eigenvalue weighted by molar-refractivity contribution is 0.736. The molecule has 168 valence electrons. The molecule has 32 heavy (non-hydrogen) atoms. The Morgan fingerprint density at radius 2 is 1.91 bits per heavy atom. The van der Waals surface area contributed by atoms with Crippen LogP contribution in [0.3, 0.4) is 0 Å². The van der Waals surface area contributed by atoms with E-state index in [0.29, 0.717) is 22.9 Å². The zero-order chi connectivity index (χ0) is 23.0. The van der Waals surface area contributed by atoms with Gasteiger partial charge in [0.1, 0.15) is 12.2 Å². The molecule has 0 spiro atoms. The van der Waals surface area contributed by atoms with E-state index in [-0.39, 0.29) is 5.38 Å². The van der Waals surface area contributed by atoms with Crippen molar-refractivity contribution in [3.63, 3.8) is 0 Å². The third-order valence-corrected chi connectivity index (χ3v) is 6.70. The van der Waals surface area contributed by atoms with E-state index in [1.165, 1.54) is 0 Å². The number of alkyl halides is 1. The van der Waals surface area contributed by atoms with Gasteiger partial charge in [0.05, 0.1) is 5.02 Å². The van der Waals surface area contributed by atoms with Gasteiger partial charge in [0.15, 0.2) is 17.0 Å². The summed E-state index contributed by atoms with van der Waals surface area (Å²) in [5.41, 5.74) is 9.64. The van der Waals surface area contributed by atoms with Gasteiger partial charge in [0, 0.05) is 35.8 Å². The third kappa shape index (κ3) is 4.15. The van der Waals surface area contributed by atoms with Crippen molar-refractivity contribution >= 4 is 45.9 Å². The van der Waals surface area contributed by atoms with Gasteiger partial charge in [-0.2, -0.15) is 0 Å². The molecule has 3 heterocycles. The molecule has 0 bridgehead atoms. The van der Waals surface area contributed by atoms with Crippen LogP contribution in [0, 0.1) is 11.8 Å². The molecule has 1 aliphatic carbocycles. The lowest BCUT2D eigenvalue weighted by atomic mass is 10.2. The van der Waals surface area contributed by atoms with Crippen LogP contribution >= 0.6 is 23.2 Å². The molecule has 1 saturated carbocycles. The first-order valence-corrected chi connectivity index (χ1v) is 11.6. The third-order valence-electron chi connectivity index (χ3n) is 6.19. The van der Waals surface area contributed by atoms with Crippen LogP contribution in [0.2, 0.25) is 5.02 Å². The Bertz CT molecular complexity index is 1160. The highest BCUT2D eigenvalue weighted by Gasteiger charge is 2.54. The maximum Gasteiger partial charge on any atom is 0.170 e. The van der Waals surface area contributed by atoms with E-state index in [0.717, 1.165) is 47.2 Å². The van der Waals surface area contributed by atoms with E-state index in [2.05, 4.69) is 26.0 Å². The number of benzene rings is 1. The smallest absolute Gasteiger partial charge is 0.170 e. The number of hydrogen-bond donors (Lipinski definition) is 1. The normalized spacial score (nSPS) is 22.9. The second-order valence-corrected chi connectivity index (χ2v) is 9.37. The Morgan fingerprint density at radius 1 is 1.25 bits per heavy atom. The predicted octanol–water partition coefficient (Wildman–Crippen LogP) is 5.22. The van der Waals surface area contributed by atoms with Crippen LogP contribution < -0.4 is 10.6 Å². The molecule has 0 radical (unpaired) electrons. The zero-order valence-electron chi connectivity index (χ0n) is 18.5. The number of halogens is 2. The number of fused-ring (bicyclic) bond motifs is 2. The molecular weight excluding hydrogens is 443 g/mol. The van der Waals surface area contributed by atoms with Crippen LogP contribution in [0.4, 0.5) is 5.82 Å². The number of rotatable bonds is 4. The van der Waals surface area contributed by atoms with Crippen molar-refractivity contribution in [2.45, 2.75) is 32.2 Å². The van der Waals surface area contributed by atoms with Gasteiger partial charge in [0.2, 0.25) is 0 Å². The van der Waals surface area contributed by atoms with Gasteiger partial charge in [-0.15, -0.1) is 18.2 Å². The molecule has 0 amide bonds. The summed E-state index contributed by atoms with van der Waals surface area (Å²) in [6.45, 7) is 11.2. The Morgan fingerprint density at radius 3 is 2.50 bits per heavy atom. The fourth-order valence-corrected chi connectivity index (χ4v) is 4.36. The quantitative estimate of drug-likeness (QED) is 0.417. The largest absolute Gasteiger partial charge is 0.354 e. The van der Waals surface area contributed by atoms with Crippen molar-refractivity contribution in [1.29, 1.82) is 0 Å². The number of anilines is 1. The van der Waals surface area contributed by atoms with Crippen molar-refractivity contribution in [2.24, 2.45) is 17.6 Å². The van der Waals surface area contributed by atoms with Crippen molar-refractivity contribution < 1.29 is 0 Å². The molecule has 2 unspecified atom stereocenters. The molecule has 2 N–H and O–H groups in total. The summed E-state index contributed by atoms with van der Waals surface area (Å²) in [5, 5.41) is 0.788. The van der Waals surface area contributed by atoms with E-state index in [1.807, 2.05) is 51.1 Å². The minimum absolute atomic E-state index is 0.120. The van der Waals surface area contributed by atoms with E-state index in [1.54, 1.807) is 12.4 Å². The number of allylic oxidation sites excluding steroid dienone is 3. The number of nitrogens with two attached hydrogens (primary N) is 1. The predicted molar refractivity (Wildman–Crippen MR) is 134 cm³/mol. The van der Waals surface area contributed by atoms with E-state index in [4.69, 9.17) is 33.9 Å². The molecule has 2 aliphatic rings. The Balaban J connectivity index is 0.000000444. The van der Waals surface area contributed by atoms with Gasteiger partial charge >= 0.3 is 0 Å². The van der Waals surface area contributed by atoms with Crippen LogP contribution in [-0.4, -0.2) is 44.0 Å². The molecule has 2 aromatic heterocycles. The van der Waals surface area contributed by atoms with Gasteiger partial charge in [-0.25, -0.2) is 15.0 Å². The van der Waals surface area contributed by atoms with Crippen molar-refractivity contribution in [3.05, 3.63) is 54.3 Å². The molecule has 1 saturated heterocycles. The van der Waals surface area contributed by atoms with E-state index >= 15 is 0 Å². The summed E-state index contributed by atoms with van der Waals surface area (Å²) in [6.07, 6.45) is 5.36. The number of nitrogens with zero attached hydrogens (tertiary/aromatic N) is 5. The minimum atomic E-state index is 0.120. The summed E-state index contributed by atoms with van der Waals surface area (Å²) in [4.78, 5) is 16.4. The summed E-state index contributed by atoms with van der Waals surface area (Å²) in [7, 11) is 0. The summed E-state index contributed by atoms with van der Waals surface area (Å²) in [5.74, 6) is 2.83. The monoisotopic (exact) mass is 470 g/mol. The van der Waals surface area contributed by atoms with Gasteiger partial charge in [-0.05, 0) is 44.7 Å². The van der Waals surface area contributed by atoms with Gasteiger partial charge in [-0.1, -0.05) is 35.9 Å². The van der Waals surface area contributed by atoms with Crippen molar-refractivity contribution in [2.75, 3.05) is 18.0 Å². The molecule has 1 aliphatic heterocycles. The maximum atomic E-state index is 6.48. The topological polar surface area (TPSA) is 72.9 Å². The Labute approximate surface area is 198 Å². The standard InChI is InChI=1S/C20H21ClN6.C4H7Cl/c1-3-11(2)27-18(12-6-4-5-7-15(12)21)25-17-19(23-10-24-20(17)27)26-8-13-14(9-26)16(13)22;1-3-4(2)5/h3-7,10,13-14,16H,8-9,22H2,1-2H3;3-4H,1H2,2H3/b11-3+;/t13-,14+,16?;. The number of hydrogen-bond acceptors (Lipinski definition) is 5. The molecule has 4 atom stereocenters. The molecule has 5 rings (SSSR count). The molecular formula is C24H28Cl2N6. The summed E-state index contributed by atoms with van der Waals surface area (Å²) >= 11 is 11.8. The highest BCUT2D eigenvalue weighted by atomic mass is 35.5.